The third-order valence-corrected chi connectivity index (χ3v) is 2.37. The Morgan fingerprint density at radius 2 is 2.35 bits per heavy atom. The number of hydrogen-bond donors (Lipinski definition) is 4. The van der Waals surface area contributed by atoms with E-state index in [0.717, 1.165) is 0 Å². The summed E-state index contributed by atoms with van der Waals surface area (Å²) in [4.78, 5) is 22.9. The van der Waals surface area contributed by atoms with E-state index in [4.69, 9.17) is 5.84 Å². The second kappa shape index (κ2) is 6.12. The molecule has 1 aromatic heterocycles. The lowest BCUT2D eigenvalue weighted by molar-refractivity contribution is -0.113. The summed E-state index contributed by atoms with van der Waals surface area (Å²) in [5.74, 6) is 4.71. The molecule has 0 radical (unpaired) electrons. The van der Waals surface area contributed by atoms with Gasteiger partial charge in [0.25, 0.3) is 11.5 Å². The van der Waals surface area contributed by atoms with Crippen molar-refractivity contribution >= 4 is 24.2 Å². The topological polar surface area (TPSA) is 89.2 Å². The van der Waals surface area contributed by atoms with Crippen molar-refractivity contribution in [3.05, 3.63) is 39.8 Å². The largest absolute Gasteiger partial charge is 0.319 e. The summed E-state index contributed by atoms with van der Waals surface area (Å²) >= 11 is 3.84. The normalized spacial score (nSPS) is 11.1. The average molecular weight is 256 g/mol. The lowest BCUT2D eigenvalue weighted by Crippen LogP contribution is -2.30. The molecule has 0 spiro atoms. The number of nitrogens with one attached hydrogen (secondary N) is 2. The minimum Gasteiger partial charge on any atom is -0.319 e. The lowest BCUT2D eigenvalue weighted by atomic mass is 10.3. The molecule has 7 heteroatoms. The Morgan fingerprint density at radius 1 is 1.65 bits per heavy atom. The SMILES string of the molecule is CCn1cc(NC(=O)/C(=C/S)NN)ccc1=O.[HH]. The summed E-state index contributed by atoms with van der Waals surface area (Å²) in [5, 5.41) is 3.84. The number of aryl methyl sites for hydroxylation is 1. The molecule has 4 N–H and O–H groups in total. The molecule has 94 valence electrons. The number of hydrogen-bond acceptors (Lipinski definition) is 5. The highest BCUT2D eigenvalue weighted by atomic mass is 32.1. The number of anilines is 1. The summed E-state index contributed by atoms with van der Waals surface area (Å²) < 4.78 is 1.48. The summed E-state index contributed by atoms with van der Waals surface area (Å²) in [6.45, 7) is 2.38. The molecule has 0 aliphatic carbocycles. The monoisotopic (exact) mass is 256 g/mol. The van der Waals surface area contributed by atoms with Crippen LogP contribution in [0.1, 0.15) is 8.35 Å². The second-order valence-electron chi connectivity index (χ2n) is 3.18. The molecule has 0 fully saturated rings. The fourth-order valence-corrected chi connectivity index (χ4v) is 1.40. The zero-order chi connectivity index (χ0) is 12.8. The fourth-order valence-electron chi connectivity index (χ4n) is 1.21. The van der Waals surface area contributed by atoms with E-state index in [1.165, 1.54) is 22.1 Å². The highest BCUT2D eigenvalue weighted by Crippen LogP contribution is 2.05. The molecule has 17 heavy (non-hydrogen) atoms. The lowest BCUT2D eigenvalue weighted by Gasteiger charge is -2.09. The Balaban J connectivity index is 0.00000289. The number of pyridine rings is 1. The zero-order valence-electron chi connectivity index (χ0n) is 9.30. The van der Waals surface area contributed by atoms with Gasteiger partial charge >= 0.3 is 0 Å². The van der Waals surface area contributed by atoms with E-state index in [2.05, 4.69) is 23.4 Å². The van der Waals surface area contributed by atoms with Crippen LogP contribution >= 0.6 is 12.6 Å². The van der Waals surface area contributed by atoms with Gasteiger partial charge in [0.2, 0.25) is 0 Å². The van der Waals surface area contributed by atoms with Crippen LogP contribution in [0.3, 0.4) is 0 Å². The van der Waals surface area contributed by atoms with E-state index in [-0.39, 0.29) is 12.7 Å². The number of aromatic nitrogens is 1. The molecule has 1 heterocycles. The van der Waals surface area contributed by atoms with Crippen molar-refractivity contribution < 1.29 is 6.22 Å². The molecule has 1 rings (SSSR count). The molecule has 0 saturated carbocycles. The van der Waals surface area contributed by atoms with Crippen LogP contribution in [0.25, 0.3) is 0 Å². The Kier molecular flexibility index (Phi) is 4.80. The first-order valence-corrected chi connectivity index (χ1v) is 5.46. The van der Waals surface area contributed by atoms with Crippen molar-refractivity contribution in [3.8, 4) is 0 Å². The van der Waals surface area contributed by atoms with Crippen molar-refractivity contribution in [2.75, 3.05) is 5.32 Å². The molecule has 6 nitrogen and oxygen atoms in total. The minimum absolute atomic E-state index is 0. The summed E-state index contributed by atoms with van der Waals surface area (Å²) in [7, 11) is 0. The summed E-state index contributed by atoms with van der Waals surface area (Å²) in [6.07, 6.45) is 1.56. The Labute approximate surface area is 105 Å². The van der Waals surface area contributed by atoms with Crippen LogP contribution in [-0.4, -0.2) is 10.5 Å². The quantitative estimate of drug-likeness (QED) is 0.270. The van der Waals surface area contributed by atoms with Crippen LogP contribution in [0.15, 0.2) is 34.2 Å². The number of nitrogens with zero attached hydrogens (tertiary/aromatic N) is 1. The minimum atomic E-state index is -0.427. The van der Waals surface area contributed by atoms with E-state index in [1.54, 1.807) is 6.20 Å². The first-order valence-electron chi connectivity index (χ1n) is 4.95. The molecule has 1 amide bonds. The summed E-state index contributed by atoms with van der Waals surface area (Å²) in [6, 6.07) is 2.91. The maximum atomic E-state index is 11.6. The van der Waals surface area contributed by atoms with E-state index >= 15 is 0 Å². The van der Waals surface area contributed by atoms with Gasteiger partial charge in [-0.1, -0.05) is 0 Å². The van der Waals surface area contributed by atoms with Crippen LogP contribution < -0.4 is 22.1 Å². The van der Waals surface area contributed by atoms with Crippen molar-refractivity contribution in [2.24, 2.45) is 5.84 Å². The van der Waals surface area contributed by atoms with Gasteiger partial charge in [-0.3, -0.25) is 15.4 Å². The third kappa shape index (κ3) is 3.36. The fraction of sp³-hybridized carbons (Fsp3) is 0.200. The van der Waals surface area contributed by atoms with E-state index in [0.29, 0.717) is 12.2 Å². The molecular formula is C10H16N4O2S. The number of nitrogens with two attached hydrogens (primary N) is 1. The molecule has 0 atom stereocenters. The average Bonchev–Trinajstić information content (AvgIpc) is 2.33. The molecule has 0 aromatic carbocycles. The van der Waals surface area contributed by atoms with Gasteiger partial charge in [-0.25, -0.2) is 0 Å². The van der Waals surface area contributed by atoms with Gasteiger partial charge < -0.3 is 15.3 Å². The van der Waals surface area contributed by atoms with Gasteiger partial charge in [0, 0.05) is 20.2 Å². The van der Waals surface area contributed by atoms with Gasteiger partial charge in [0.15, 0.2) is 0 Å². The highest BCUT2D eigenvalue weighted by molar-refractivity contribution is 7.83. The zero-order valence-corrected chi connectivity index (χ0v) is 10.2. The smallest absolute Gasteiger partial charge is 0.273 e. The maximum Gasteiger partial charge on any atom is 0.273 e. The molecule has 1 aromatic rings. The maximum absolute atomic E-state index is 11.6. The van der Waals surface area contributed by atoms with Crippen molar-refractivity contribution in [2.45, 2.75) is 13.5 Å². The molecule has 0 aliphatic heterocycles. The van der Waals surface area contributed by atoms with Crippen molar-refractivity contribution in [1.82, 2.24) is 9.99 Å². The predicted molar refractivity (Wildman–Crippen MR) is 71.5 cm³/mol. The van der Waals surface area contributed by atoms with Crippen LogP contribution in [-0.2, 0) is 11.3 Å². The van der Waals surface area contributed by atoms with Crippen molar-refractivity contribution in [1.29, 1.82) is 0 Å². The number of thiol groups is 1. The molecular weight excluding hydrogens is 240 g/mol. The number of carbonyl (C=O) groups is 1. The van der Waals surface area contributed by atoms with E-state index in [1.807, 2.05) is 6.92 Å². The predicted octanol–water partition coefficient (Wildman–Crippen LogP) is 0.287. The highest BCUT2D eigenvalue weighted by Gasteiger charge is 2.07. The van der Waals surface area contributed by atoms with Gasteiger partial charge in [-0.2, -0.15) is 0 Å². The van der Waals surface area contributed by atoms with Gasteiger partial charge in [0.05, 0.1) is 5.69 Å². The van der Waals surface area contributed by atoms with Crippen LogP contribution in [0, 0.1) is 0 Å². The number of hydrazine groups is 1. The molecule has 0 saturated heterocycles. The van der Waals surface area contributed by atoms with Gasteiger partial charge in [-0.05, 0) is 18.4 Å². The second-order valence-corrected chi connectivity index (χ2v) is 3.44. The number of rotatable bonds is 4. The summed E-state index contributed by atoms with van der Waals surface area (Å²) in [5.41, 5.74) is 2.74. The van der Waals surface area contributed by atoms with Crippen LogP contribution in [0.4, 0.5) is 5.69 Å². The van der Waals surface area contributed by atoms with Gasteiger partial charge in [0.1, 0.15) is 5.70 Å². The van der Waals surface area contributed by atoms with Crippen LogP contribution in [0.5, 0.6) is 0 Å². The number of amides is 1. The van der Waals surface area contributed by atoms with E-state index in [9.17, 15) is 9.59 Å². The first kappa shape index (κ1) is 13.3. The molecule has 0 bridgehead atoms. The van der Waals surface area contributed by atoms with Gasteiger partial charge in [-0.15, -0.1) is 12.6 Å². The van der Waals surface area contributed by atoms with Crippen LogP contribution in [0.2, 0.25) is 0 Å². The van der Waals surface area contributed by atoms with Crippen molar-refractivity contribution in [3.63, 3.8) is 0 Å². The molecule has 0 aliphatic rings. The Hall–Kier alpha value is -1.73. The first-order chi connectivity index (χ1) is 8.12. The molecule has 0 unspecified atom stereocenters. The Bertz CT molecular complexity index is 501. The Morgan fingerprint density at radius 3 is 2.88 bits per heavy atom. The third-order valence-electron chi connectivity index (χ3n) is 2.11. The number of carbonyl (C=O) groups excluding carboxylic acids is 1. The van der Waals surface area contributed by atoms with E-state index < -0.39 is 5.91 Å². The standard InChI is InChI=1S/C10H14N4O2S.H2/c1-2-14-5-7(3-4-9(14)15)12-10(16)8(6-17)13-11;/h3-6,13,17H,2,11H2,1H3,(H,12,16);1H/b8-6-;.